The number of hydrogen-bond donors (Lipinski definition) is 1. The van der Waals surface area contributed by atoms with Gasteiger partial charge in [-0.1, -0.05) is 34.6 Å². The van der Waals surface area contributed by atoms with Crippen molar-refractivity contribution in [3.63, 3.8) is 0 Å². The van der Waals surface area contributed by atoms with Gasteiger partial charge in [-0.25, -0.2) is 0 Å². The molecule has 0 aromatic carbocycles. The number of rotatable bonds is 2. The number of amides is 1. The van der Waals surface area contributed by atoms with Crippen molar-refractivity contribution in [2.45, 2.75) is 41.0 Å². The van der Waals surface area contributed by atoms with E-state index in [1.807, 2.05) is 34.6 Å². The van der Waals surface area contributed by atoms with Crippen LogP contribution in [0.5, 0.6) is 0 Å². The Labute approximate surface area is 65.3 Å². The third-order valence-corrected chi connectivity index (χ3v) is 1.55. The van der Waals surface area contributed by atoms with Crippen LogP contribution < -0.4 is 5.73 Å². The lowest BCUT2D eigenvalue weighted by Gasteiger charge is -2.16. The fourth-order valence-corrected chi connectivity index (χ4v) is 0.174. The Morgan fingerprint density at radius 2 is 1.80 bits per heavy atom. The van der Waals surface area contributed by atoms with Gasteiger partial charge in [-0.2, -0.15) is 0 Å². The molecule has 0 unspecified atom stereocenters. The van der Waals surface area contributed by atoms with Gasteiger partial charge in [0.15, 0.2) is 0 Å². The summed E-state index contributed by atoms with van der Waals surface area (Å²) in [4.78, 5) is 10.5. The van der Waals surface area contributed by atoms with E-state index in [9.17, 15) is 4.79 Å². The Kier molecular flexibility index (Phi) is 6.42. The van der Waals surface area contributed by atoms with Crippen LogP contribution in [0.25, 0.3) is 0 Å². The van der Waals surface area contributed by atoms with Crippen molar-refractivity contribution in [1.82, 2.24) is 0 Å². The number of primary amides is 1. The van der Waals surface area contributed by atoms with Gasteiger partial charge in [0, 0.05) is 6.84 Å². The first-order chi connectivity index (χ1) is 4.50. The van der Waals surface area contributed by atoms with Gasteiger partial charge in [0.2, 0.25) is 5.91 Å². The van der Waals surface area contributed by atoms with Crippen LogP contribution in [0, 0.1) is 5.41 Å². The normalized spacial score (nSPS) is 9.70. The standard InChI is InChI=1S/C6H13NO.C2H6.H2/c1-4-6(2,3)5(7)8;1-2;/h4H2,1-3H3,(H2,7,8);1-2H3;1H. The van der Waals surface area contributed by atoms with Crippen LogP contribution in [0.15, 0.2) is 0 Å². The predicted octanol–water partition coefficient (Wildman–Crippen LogP) is 2.18. The van der Waals surface area contributed by atoms with E-state index >= 15 is 0 Å². The average molecular weight is 147 g/mol. The zero-order valence-electron chi connectivity index (χ0n) is 7.69. The maximum absolute atomic E-state index is 10.5. The summed E-state index contributed by atoms with van der Waals surface area (Å²) < 4.78 is 0. The van der Waals surface area contributed by atoms with Crippen molar-refractivity contribution in [3.8, 4) is 0 Å². The molecule has 0 aromatic heterocycles. The molecule has 1 amide bonds. The van der Waals surface area contributed by atoms with Crippen molar-refractivity contribution in [2.24, 2.45) is 11.1 Å². The van der Waals surface area contributed by atoms with Crippen LogP contribution in [-0.4, -0.2) is 5.91 Å². The molecule has 0 bridgehead atoms. The van der Waals surface area contributed by atoms with Crippen molar-refractivity contribution in [1.29, 1.82) is 0 Å². The van der Waals surface area contributed by atoms with E-state index in [1.165, 1.54) is 0 Å². The second kappa shape index (κ2) is 5.27. The molecule has 0 aliphatic carbocycles. The van der Waals surface area contributed by atoms with Crippen LogP contribution >= 0.6 is 0 Å². The molecular formula is C8H21NO. The second-order valence-electron chi connectivity index (χ2n) is 2.60. The molecule has 0 atom stereocenters. The number of carbonyl (C=O) groups is 1. The summed E-state index contributed by atoms with van der Waals surface area (Å²) in [5.41, 5.74) is 4.72. The Balaban J connectivity index is -0.000000196. The fourth-order valence-electron chi connectivity index (χ4n) is 0.174. The first-order valence-electron chi connectivity index (χ1n) is 3.80. The maximum atomic E-state index is 10.5. The minimum atomic E-state index is -0.319. The summed E-state index contributed by atoms with van der Waals surface area (Å²) in [5.74, 6) is -0.222. The third kappa shape index (κ3) is 4.36. The fraction of sp³-hybridized carbons (Fsp3) is 0.875. The molecule has 0 aliphatic heterocycles. The summed E-state index contributed by atoms with van der Waals surface area (Å²) >= 11 is 0. The summed E-state index contributed by atoms with van der Waals surface area (Å²) in [7, 11) is 0. The highest BCUT2D eigenvalue weighted by atomic mass is 16.1. The van der Waals surface area contributed by atoms with Crippen LogP contribution in [0.4, 0.5) is 0 Å². The van der Waals surface area contributed by atoms with E-state index in [-0.39, 0.29) is 12.7 Å². The Morgan fingerprint density at radius 3 is 1.80 bits per heavy atom. The molecule has 0 saturated carbocycles. The van der Waals surface area contributed by atoms with Crippen molar-refractivity contribution in [2.75, 3.05) is 0 Å². The van der Waals surface area contributed by atoms with E-state index in [0.29, 0.717) is 0 Å². The Hall–Kier alpha value is -0.530. The SMILES string of the molecule is CC.CCC(C)(C)C(N)=O.[HH]. The average Bonchev–Trinajstić information content (AvgIpc) is 1.92. The summed E-state index contributed by atoms with van der Waals surface area (Å²) in [6.07, 6.45) is 0.808. The minimum absolute atomic E-state index is 0. The molecule has 0 saturated heterocycles. The molecule has 64 valence electrons. The van der Waals surface area contributed by atoms with E-state index in [2.05, 4.69) is 0 Å². The maximum Gasteiger partial charge on any atom is 0.223 e. The van der Waals surface area contributed by atoms with Crippen molar-refractivity contribution < 1.29 is 6.22 Å². The molecule has 0 aromatic rings. The lowest BCUT2D eigenvalue weighted by Crippen LogP contribution is -2.30. The quantitative estimate of drug-likeness (QED) is 0.639. The molecule has 0 aliphatic rings. The van der Waals surface area contributed by atoms with Crippen LogP contribution in [0.3, 0.4) is 0 Å². The topological polar surface area (TPSA) is 43.1 Å². The first-order valence-corrected chi connectivity index (χ1v) is 3.80. The minimum Gasteiger partial charge on any atom is -0.369 e. The molecule has 0 rings (SSSR count). The Bertz CT molecular complexity index is 102. The Morgan fingerprint density at radius 1 is 1.50 bits per heavy atom. The van der Waals surface area contributed by atoms with Gasteiger partial charge in [0.25, 0.3) is 0 Å². The van der Waals surface area contributed by atoms with E-state index in [1.54, 1.807) is 0 Å². The molecule has 2 nitrogen and oxygen atoms in total. The zero-order chi connectivity index (χ0) is 8.78. The predicted molar refractivity (Wildman–Crippen MR) is 46.7 cm³/mol. The van der Waals surface area contributed by atoms with Crippen LogP contribution in [-0.2, 0) is 4.79 Å². The zero-order valence-corrected chi connectivity index (χ0v) is 7.69. The van der Waals surface area contributed by atoms with E-state index in [4.69, 9.17) is 5.73 Å². The van der Waals surface area contributed by atoms with E-state index in [0.717, 1.165) is 6.42 Å². The van der Waals surface area contributed by atoms with E-state index < -0.39 is 0 Å². The van der Waals surface area contributed by atoms with Gasteiger partial charge in [-0.3, -0.25) is 4.79 Å². The third-order valence-electron chi connectivity index (χ3n) is 1.55. The molecule has 2 heteroatoms. The van der Waals surface area contributed by atoms with Crippen molar-refractivity contribution in [3.05, 3.63) is 0 Å². The lowest BCUT2D eigenvalue weighted by molar-refractivity contribution is -0.126. The highest BCUT2D eigenvalue weighted by Crippen LogP contribution is 2.17. The summed E-state index contributed by atoms with van der Waals surface area (Å²) in [6.45, 7) is 9.63. The molecule has 0 fully saturated rings. The van der Waals surface area contributed by atoms with Crippen LogP contribution in [0.2, 0.25) is 0 Å². The first kappa shape index (κ1) is 12.2. The highest BCUT2D eigenvalue weighted by Gasteiger charge is 2.21. The molecule has 0 radical (unpaired) electrons. The van der Waals surface area contributed by atoms with Gasteiger partial charge < -0.3 is 5.73 Å². The highest BCUT2D eigenvalue weighted by molar-refractivity contribution is 5.79. The molecule has 10 heavy (non-hydrogen) atoms. The van der Waals surface area contributed by atoms with Gasteiger partial charge in [0.05, 0.1) is 0 Å². The largest absolute Gasteiger partial charge is 0.369 e. The van der Waals surface area contributed by atoms with Crippen LogP contribution in [0.1, 0.15) is 42.5 Å². The molecule has 2 N–H and O–H groups in total. The summed E-state index contributed by atoms with van der Waals surface area (Å²) in [6, 6.07) is 0. The monoisotopic (exact) mass is 147 g/mol. The molecule has 0 spiro atoms. The number of carbonyl (C=O) groups excluding carboxylic acids is 1. The van der Waals surface area contributed by atoms with Gasteiger partial charge in [-0.05, 0) is 6.42 Å². The summed E-state index contributed by atoms with van der Waals surface area (Å²) in [5, 5.41) is 0. The lowest BCUT2D eigenvalue weighted by atomic mass is 9.90. The van der Waals surface area contributed by atoms with Gasteiger partial charge in [0.1, 0.15) is 0 Å². The van der Waals surface area contributed by atoms with Gasteiger partial charge >= 0.3 is 0 Å². The number of nitrogens with two attached hydrogens (primary N) is 1. The van der Waals surface area contributed by atoms with Gasteiger partial charge in [-0.15, -0.1) is 0 Å². The van der Waals surface area contributed by atoms with Crippen molar-refractivity contribution >= 4 is 5.91 Å². The smallest absolute Gasteiger partial charge is 0.223 e. The number of hydrogen-bond acceptors (Lipinski definition) is 1. The molecule has 0 heterocycles. The molecular weight excluding hydrogens is 126 g/mol. The second-order valence-corrected chi connectivity index (χ2v) is 2.60.